The molecule has 0 aromatic heterocycles. The van der Waals surface area contributed by atoms with Crippen LogP contribution in [0.5, 0.6) is 0 Å². The van der Waals surface area contributed by atoms with Crippen LogP contribution in [0.15, 0.2) is 109 Å². The second-order valence-corrected chi connectivity index (χ2v) is 10.3. The summed E-state index contributed by atoms with van der Waals surface area (Å²) in [6, 6.07) is 25.3. The molecule has 0 nitrogen and oxygen atoms in total. The summed E-state index contributed by atoms with van der Waals surface area (Å²) in [5.74, 6) is 0.641. The smallest absolute Gasteiger partial charge is 1.00 e. The average molecular weight is 670 g/mol. The van der Waals surface area contributed by atoms with Crippen LogP contribution in [0.25, 0.3) is 12.2 Å². The summed E-state index contributed by atoms with van der Waals surface area (Å²) in [5.41, 5.74) is 10.6. The Morgan fingerprint density at radius 1 is 0.564 bits per heavy atom. The molecule has 0 amide bonds. The van der Waals surface area contributed by atoms with Crippen LogP contribution in [-0.2, 0) is 26.2 Å². The van der Waals surface area contributed by atoms with Crippen molar-refractivity contribution in [3.63, 3.8) is 0 Å². The third-order valence-electron chi connectivity index (χ3n) is 6.71. The zero-order valence-electron chi connectivity index (χ0n) is 21.7. The standard InChI is InChI=1S/2C17H14Cl.2ClH.Zr/c2*1-12-10-14-4-2-3-5-16(17(14)11-12)13-6-8-15(18)9-7-13;;;/h2*2-11,16H,1H3;2*1H;/q2*-1;;;+4/p-2. The van der Waals surface area contributed by atoms with Crippen LogP contribution in [0.4, 0.5) is 0 Å². The maximum absolute atomic E-state index is 5.96. The summed E-state index contributed by atoms with van der Waals surface area (Å²) in [4.78, 5) is 0. The number of benzene rings is 2. The Balaban J connectivity index is 0.000000254. The van der Waals surface area contributed by atoms with Gasteiger partial charge in [-0.15, -0.1) is 47.6 Å². The molecule has 0 radical (unpaired) electrons. The molecule has 5 heteroatoms. The molecule has 0 heterocycles. The zero-order valence-corrected chi connectivity index (χ0v) is 27.2. The van der Waals surface area contributed by atoms with E-state index in [1.807, 2.05) is 24.3 Å². The molecule has 39 heavy (non-hydrogen) atoms. The quantitative estimate of drug-likeness (QED) is 0.282. The first-order valence-corrected chi connectivity index (χ1v) is 13.0. The van der Waals surface area contributed by atoms with Crippen molar-refractivity contribution in [2.45, 2.75) is 25.7 Å². The molecule has 0 bridgehead atoms. The molecule has 2 aliphatic rings. The molecule has 0 aliphatic heterocycles. The van der Waals surface area contributed by atoms with Gasteiger partial charge in [0.25, 0.3) is 0 Å². The second kappa shape index (κ2) is 15.2. The van der Waals surface area contributed by atoms with E-state index in [1.54, 1.807) is 0 Å². The van der Waals surface area contributed by atoms with Gasteiger partial charge in [0.05, 0.1) is 0 Å². The van der Waals surface area contributed by atoms with Gasteiger partial charge >= 0.3 is 26.2 Å². The summed E-state index contributed by atoms with van der Waals surface area (Å²) >= 11 is 11.9. The Kier molecular flexibility index (Phi) is 13.0. The van der Waals surface area contributed by atoms with E-state index in [-0.39, 0.29) is 51.0 Å². The normalized spacial score (nSPS) is 16.2. The van der Waals surface area contributed by atoms with Crippen molar-refractivity contribution in [1.82, 2.24) is 0 Å². The fourth-order valence-electron chi connectivity index (χ4n) is 5.02. The maximum Gasteiger partial charge on any atom is 4.00 e. The first-order valence-electron chi connectivity index (χ1n) is 12.2. The predicted octanol–water partition coefficient (Wildman–Crippen LogP) is 4.17. The van der Waals surface area contributed by atoms with Gasteiger partial charge in [0, 0.05) is 10.0 Å². The molecule has 2 unspecified atom stereocenters. The van der Waals surface area contributed by atoms with Crippen LogP contribution in [0.3, 0.4) is 0 Å². The molecule has 4 aromatic rings. The van der Waals surface area contributed by atoms with Crippen molar-refractivity contribution in [2.24, 2.45) is 0 Å². The van der Waals surface area contributed by atoms with E-state index in [1.165, 1.54) is 44.5 Å². The monoisotopic (exact) mass is 666 g/mol. The summed E-state index contributed by atoms with van der Waals surface area (Å²) in [5, 5.41) is 1.57. The van der Waals surface area contributed by atoms with E-state index < -0.39 is 0 Å². The van der Waals surface area contributed by atoms with Crippen LogP contribution in [-0.4, -0.2) is 0 Å². The van der Waals surface area contributed by atoms with E-state index >= 15 is 0 Å². The molecular formula is C34H28Cl4Zr. The Morgan fingerprint density at radius 3 is 1.28 bits per heavy atom. The minimum absolute atomic E-state index is 0. The van der Waals surface area contributed by atoms with E-state index in [0.717, 1.165) is 10.0 Å². The number of halogens is 4. The van der Waals surface area contributed by atoms with Gasteiger partial charge in [-0.25, -0.2) is 0 Å². The van der Waals surface area contributed by atoms with E-state index in [9.17, 15) is 0 Å². The molecule has 0 N–H and O–H groups in total. The van der Waals surface area contributed by atoms with Crippen molar-refractivity contribution in [3.05, 3.63) is 164 Å². The van der Waals surface area contributed by atoms with Crippen LogP contribution in [0, 0.1) is 13.8 Å². The molecule has 0 saturated carbocycles. The van der Waals surface area contributed by atoms with Gasteiger partial charge in [-0.3, -0.25) is 0 Å². The Labute approximate surface area is 273 Å². The number of rotatable bonds is 2. The van der Waals surface area contributed by atoms with Gasteiger partial charge in [-0.1, -0.05) is 85.6 Å². The number of allylic oxidation sites excluding steroid dienone is 6. The molecule has 2 atom stereocenters. The van der Waals surface area contributed by atoms with E-state index in [0.29, 0.717) is 11.8 Å². The molecule has 2 aliphatic carbocycles. The topological polar surface area (TPSA) is 0 Å². The Bertz CT molecular complexity index is 1350. The van der Waals surface area contributed by atoms with Gasteiger partial charge in [0.15, 0.2) is 0 Å². The molecule has 0 spiro atoms. The summed E-state index contributed by atoms with van der Waals surface area (Å²) < 4.78 is 0. The van der Waals surface area contributed by atoms with Gasteiger partial charge in [-0.05, 0) is 47.2 Å². The average Bonchev–Trinajstić information content (AvgIpc) is 3.28. The molecule has 0 fully saturated rings. The van der Waals surface area contributed by atoms with Crippen molar-refractivity contribution in [1.29, 1.82) is 0 Å². The number of aryl methyl sites for hydroxylation is 2. The minimum atomic E-state index is 0. The maximum atomic E-state index is 5.96. The Morgan fingerprint density at radius 2 is 0.923 bits per heavy atom. The molecule has 196 valence electrons. The molecule has 4 aromatic carbocycles. The fraction of sp³-hybridized carbons (Fsp3) is 0.118. The fourth-order valence-corrected chi connectivity index (χ4v) is 5.27. The molecule has 0 saturated heterocycles. The molecule has 6 rings (SSSR count). The second-order valence-electron chi connectivity index (χ2n) is 9.43. The summed E-state index contributed by atoms with van der Waals surface area (Å²) in [6.45, 7) is 4.29. The number of hydrogen-bond donors (Lipinski definition) is 0. The van der Waals surface area contributed by atoms with Gasteiger partial charge in [0.1, 0.15) is 0 Å². The van der Waals surface area contributed by atoms with Gasteiger partial charge in [-0.2, -0.15) is 34.4 Å². The largest absolute Gasteiger partial charge is 4.00 e. The summed E-state index contributed by atoms with van der Waals surface area (Å²) in [6.07, 6.45) is 17.3. The first kappa shape index (κ1) is 33.4. The van der Waals surface area contributed by atoms with Crippen molar-refractivity contribution in [3.8, 4) is 0 Å². The van der Waals surface area contributed by atoms with Gasteiger partial charge < -0.3 is 24.8 Å². The van der Waals surface area contributed by atoms with Crippen LogP contribution in [0.2, 0.25) is 10.0 Å². The zero-order chi connectivity index (χ0) is 25.1. The van der Waals surface area contributed by atoms with Crippen molar-refractivity contribution >= 4 is 35.4 Å². The third kappa shape index (κ3) is 8.10. The van der Waals surface area contributed by atoms with Crippen molar-refractivity contribution < 1.29 is 51.0 Å². The summed E-state index contributed by atoms with van der Waals surface area (Å²) in [7, 11) is 0. The van der Waals surface area contributed by atoms with Crippen molar-refractivity contribution in [2.75, 3.05) is 0 Å². The number of hydrogen-bond acceptors (Lipinski definition) is 0. The minimum Gasteiger partial charge on any atom is -1.00 e. The predicted molar refractivity (Wildman–Crippen MR) is 156 cm³/mol. The van der Waals surface area contributed by atoms with Crippen LogP contribution >= 0.6 is 23.2 Å². The SMILES string of the molecule is Cc1cc2c([cH-]1)C=CC=CC2c1ccc(Cl)cc1.Cc1cc2c([cH-]1)C=CC=CC2c1ccc(Cl)cc1.[Cl-].[Cl-].[Zr+4]. The first-order chi connectivity index (χ1) is 17.5. The molecular weight excluding hydrogens is 641 g/mol. The van der Waals surface area contributed by atoms with Crippen LogP contribution in [0.1, 0.15) is 56.3 Å². The van der Waals surface area contributed by atoms with E-state index in [2.05, 4.69) is 111 Å². The Hall–Kier alpha value is -1.86. The van der Waals surface area contributed by atoms with Gasteiger partial charge in [0.2, 0.25) is 0 Å². The third-order valence-corrected chi connectivity index (χ3v) is 7.21. The van der Waals surface area contributed by atoms with Crippen LogP contribution < -0.4 is 24.8 Å². The van der Waals surface area contributed by atoms with E-state index in [4.69, 9.17) is 23.2 Å². The number of fused-ring (bicyclic) bond motifs is 2.